The highest BCUT2D eigenvalue weighted by atomic mass is 32.2. The third-order valence-corrected chi connectivity index (χ3v) is 5.06. The number of carbonyl (C=O) groups excluding carboxylic acids is 1. The normalized spacial score (nSPS) is 10.8. The zero-order chi connectivity index (χ0) is 17.1. The standard InChI is InChI=1S/C16H17N5OS2/c1-10-4-5-11(2)13(8-10)21-7-6-17-16(21)23-9-14(22)18-15-20-19-12(3)24-15/h4-8H,9H2,1-3H3,(H,18,20,22). The van der Waals surface area contributed by atoms with Crippen LogP contribution in [0.4, 0.5) is 5.13 Å². The van der Waals surface area contributed by atoms with Crippen LogP contribution in [-0.4, -0.2) is 31.4 Å². The summed E-state index contributed by atoms with van der Waals surface area (Å²) in [5.41, 5.74) is 3.43. The minimum absolute atomic E-state index is 0.119. The molecule has 1 aromatic carbocycles. The van der Waals surface area contributed by atoms with E-state index in [1.165, 1.54) is 28.7 Å². The van der Waals surface area contributed by atoms with Crippen LogP contribution in [0.3, 0.4) is 0 Å². The van der Waals surface area contributed by atoms with Crippen LogP contribution in [0.5, 0.6) is 0 Å². The second kappa shape index (κ2) is 7.14. The van der Waals surface area contributed by atoms with E-state index in [1.807, 2.05) is 17.7 Å². The molecule has 0 spiro atoms. The van der Waals surface area contributed by atoms with Crippen LogP contribution in [0, 0.1) is 20.8 Å². The highest BCUT2D eigenvalue weighted by molar-refractivity contribution is 7.99. The van der Waals surface area contributed by atoms with Crippen LogP contribution >= 0.6 is 23.1 Å². The summed E-state index contributed by atoms with van der Waals surface area (Å²) in [6, 6.07) is 6.29. The van der Waals surface area contributed by atoms with E-state index in [1.54, 1.807) is 6.20 Å². The van der Waals surface area contributed by atoms with E-state index in [2.05, 4.69) is 52.5 Å². The second-order valence-corrected chi connectivity index (χ2v) is 7.46. The molecule has 0 atom stereocenters. The van der Waals surface area contributed by atoms with Crippen molar-refractivity contribution >= 4 is 34.1 Å². The number of thioether (sulfide) groups is 1. The van der Waals surface area contributed by atoms with E-state index in [-0.39, 0.29) is 11.7 Å². The van der Waals surface area contributed by atoms with Crippen molar-refractivity contribution in [2.75, 3.05) is 11.1 Å². The number of aryl methyl sites for hydroxylation is 3. The number of anilines is 1. The van der Waals surface area contributed by atoms with Crippen LogP contribution in [0.25, 0.3) is 5.69 Å². The van der Waals surface area contributed by atoms with Gasteiger partial charge in [0.15, 0.2) is 5.16 Å². The summed E-state index contributed by atoms with van der Waals surface area (Å²) in [5, 5.41) is 12.7. The first-order chi connectivity index (χ1) is 11.5. The van der Waals surface area contributed by atoms with Crippen molar-refractivity contribution < 1.29 is 4.79 Å². The molecule has 1 amide bonds. The Labute approximate surface area is 148 Å². The Morgan fingerprint density at radius 2 is 2.12 bits per heavy atom. The van der Waals surface area contributed by atoms with Gasteiger partial charge in [0.25, 0.3) is 0 Å². The Kier molecular flexibility index (Phi) is 4.96. The first-order valence-electron chi connectivity index (χ1n) is 7.36. The lowest BCUT2D eigenvalue weighted by Gasteiger charge is -2.11. The van der Waals surface area contributed by atoms with Gasteiger partial charge < -0.3 is 0 Å². The van der Waals surface area contributed by atoms with Crippen molar-refractivity contribution in [2.24, 2.45) is 0 Å². The quantitative estimate of drug-likeness (QED) is 0.707. The molecule has 0 unspecified atom stereocenters. The van der Waals surface area contributed by atoms with Gasteiger partial charge in [-0.3, -0.25) is 14.7 Å². The van der Waals surface area contributed by atoms with Crippen molar-refractivity contribution in [3.8, 4) is 5.69 Å². The molecule has 8 heteroatoms. The smallest absolute Gasteiger partial charge is 0.236 e. The van der Waals surface area contributed by atoms with Gasteiger partial charge in [-0.25, -0.2) is 4.98 Å². The van der Waals surface area contributed by atoms with Crippen molar-refractivity contribution in [1.82, 2.24) is 19.7 Å². The van der Waals surface area contributed by atoms with E-state index < -0.39 is 0 Å². The molecule has 0 aliphatic heterocycles. The number of rotatable bonds is 5. The molecule has 3 aromatic rings. The van der Waals surface area contributed by atoms with Crippen LogP contribution in [0.15, 0.2) is 35.7 Å². The van der Waals surface area contributed by atoms with Gasteiger partial charge >= 0.3 is 0 Å². The van der Waals surface area contributed by atoms with Crippen molar-refractivity contribution in [3.05, 3.63) is 46.7 Å². The lowest BCUT2D eigenvalue weighted by molar-refractivity contribution is -0.113. The molecule has 1 N–H and O–H groups in total. The fourth-order valence-electron chi connectivity index (χ4n) is 2.19. The van der Waals surface area contributed by atoms with Gasteiger partial charge in [0.1, 0.15) is 5.01 Å². The van der Waals surface area contributed by atoms with Crippen molar-refractivity contribution in [1.29, 1.82) is 0 Å². The molecule has 0 fully saturated rings. The van der Waals surface area contributed by atoms with E-state index >= 15 is 0 Å². The maximum Gasteiger partial charge on any atom is 0.236 e. The van der Waals surface area contributed by atoms with Crippen LogP contribution in [0.1, 0.15) is 16.1 Å². The van der Waals surface area contributed by atoms with Crippen molar-refractivity contribution in [2.45, 2.75) is 25.9 Å². The van der Waals surface area contributed by atoms with Crippen LogP contribution < -0.4 is 5.32 Å². The van der Waals surface area contributed by atoms with Gasteiger partial charge in [-0.1, -0.05) is 35.2 Å². The fraction of sp³-hybridized carbons (Fsp3) is 0.250. The highest BCUT2D eigenvalue weighted by Crippen LogP contribution is 2.24. The molecule has 0 aliphatic rings. The molecule has 0 aliphatic carbocycles. The number of nitrogens with one attached hydrogen (secondary N) is 1. The SMILES string of the molecule is Cc1ccc(C)c(-n2ccnc2SCC(=O)Nc2nnc(C)s2)c1. The minimum atomic E-state index is -0.119. The van der Waals surface area contributed by atoms with Gasteiger partial charge in [0.2, 0.25) is 11.0 Å². The Bertz CT molecular complexity index is 871. The lowest BCUT2D eigenvalue weighted by Crippen LogP contribution is -2.14. The van der Waals surface area contributed by atoms with E-state index in [0.717, 1.165) is 21.4 Å². The predicted molar refractivity (Wildman–Crippen MR) is 97.0 cm³/mol. The number of aromatic nitrogens is 4. The maximum absolute atomic E-state index is 12.1. The molecule has 2 aromatic heterocycles. The number of benzene rings is 1. The Hall–Kier alpha value is -2.19. The molecule has 3 rings (SSSR count). The number of carbonyl (C=O) groups is 1. The van der Waals surface area contributed by atoms with Gasteiger partial charge in [-0.15, -0.1) is 10.2 Å². The monoisotopic (exact) mass is 359 g/mol. The topological polar surface area (TPSA) is 72.7 Å². The zero-order valence-corrected chi connectivity index (χ0v) is 15.2. The summed E-state index contributed by atoms with van der Waals surface area (Å²) < 4.78 is 2.01. The third kappa shape index (κ3) is 3.82. The first-order valence-corrected chi connectivity index (χ1v) is 9.17. The summed E-state index contributed by atoms with van der Waals surface area (Å²) in [7, 11) is 0. The highest BCUT2D eigenvalue weighted by Gasteiger charge is 2.12. The van der Waals surface area contributed by atoms with Crippen LogP contribution in [-0.2, 0) is 4.79 Å². The van der Waals surface area contributed by atoms with E-state index in [0.29, 0.717) is 5.13 Å². The molecule has 2 heterocycles. The van der Waals surface area contributed by atoms with Crippen LogP contribution in [0.2, 0.25) is 0 Å². The summed E-state index contributed by atoms with van der Waals surface area (Å²) in [5.74, 6) is 0.146. The summed E-state index contributed by atoms with van der Waals surface area (Å²) in [6.45, 7) is 5.97. The molecule has 0 saturated carbocycles. The fourth-order valence-corrected chi connectivity index (χ4v) is 3.57. The van der Waals surface area contributed by atoms with Gasteiger partial charge in [-0.05, 0) is 38.0 Å². The maximum atomic E-state index is 12.1. The Morgan fingerprint density at radius 1 is 1.29 bits per heavy atom. The number of amides is 1. The van der Waals surface area contributed by atoms with E-state index in [9.17, 15) is 4.79 Å². The average Bonchev–Trinajstić information content (AvgIpc) is 3.16. The summed E-state index contributed by atoms with van der Waals surface area (Å²) in [6.07, 6.45) is 3.66. The summed E-state index contributed by atoms with van der Waals surface area (Å²) in [4.78, 5) is 16.4. The van der Waals surface area contributed by atoms with E-state index in [4.69, 9.17) is 0 Å². The number of hydrogen-bond donors (Lipinski definition) is 1. The van der Waals surface area contributed by atoms with Gasteiger partial charge in [0, 0.05) is 12.4 Å². The predicted octanol–water partition coefficient (Wildman–Crippen LogP) is 3.38. The minimum Gasteiger partial charge on any atom is -0.300 e. The Morgan fingerprint density at radius 3 is 2.88 bits per heavy atom. The lowest BCUT2D eigenvalue weighted by atomic mass is 10.1. The number of nitrogens with zero attached hydrogens (tertiary/aromatic N) is 4. The summed E-state index contributed by atoms with van der Waals surface area (Å²) >= 11 is 2.75. The van der Waals surface area contributed by atoms with Gasteiger partial charge in [0.05, 0.1) is 11.4 Å². The molecule has 124 valence electrons. The first kappa shape index (κ1) is 16.7. The molecular weight excluding hydrogens is 342 g/mol. The molecular formula is C16H17N5OS2. The third-order valence-electron chi connectivity index (χ3n) is 3.34. The molecule has 0 bridgehead atoms. The molecule has 0 saturated heterocycles. The van der Waals surface area contributed by atoms with Gasteiger partial charge in [-0.2, -0.15) is 0 Å². The Balaban J connectivity index is 1.69. The molecule has 6 nitrogen and oxygen atoms in total. The molecule has 24 heavy (non-hydrogen) atoms. The average molecular weight is 359 g/mol. The molecule has 0 radical (unpaired) electrons. The number of imidazole rings is 1. The zero-order valence-electron chi connectivity index (χ0n) is 13.6. The second-order valence-electron chi connectivity index (χ2n) is 5.33. The largest absolute Gasteiger partial charge is 0.300 e. The van der Waals surface area contributed by atoms with Crippen molar-refractivity contribution in [3.63, 3.8) is 0 Å². The number of hydrogen-bond acceptors (Lipinski definition) is 6.